The van der Waals surface area contributed by atoms with Crippen LogP contribution in [0.2, 0.25) is 0 Å². The van der Waals surface area contributed by atoms with Crippen LogP contribution in [-0.4, -0.2) is 23.6 Å². The quantitative estimate of drug-likeness (QED) is 0.788. The Bertz CT molecular complexity index is 814. The number of imidazole rings is 1. The number of nitrogen functional groups attached to an aromatic ring is 1. The van der Waals surface area contributed by atoms with Gasteiger partial charge >= 0.3 is 0 Å². The molecule has 0 bridgehead atoms. The molecule has 5 nitrogen and oxygen atoms in total. The zero-order chi connectivity index (χ0) is 15.0. The van der Waals surface area contributed by atoms with Gasteiger partial charge in [-0.3, -0.25) is 4.40 Å². The number of ether oxygens (including phenoxy) is 2. The molecular weight excluding hydrogens is 334 g/mol. The number of rotatable bonds is 3. The Hall–Kier alpha value is -2.21. The molecule has 0 aliphatic heterocycles. The summed E-state index contributed by atoms with van der Waals surface area (Å²) in [6.45, 7) is 0. The average molecular weight is 348 g/mol. The van der Waals surface area contributed by atoms with Gasteiger partial charge in [0, 0.05) is 22.3 Å². The molecule has 0 atom stereocenters. The monoisotopic (exact) mass is 347 g/mol. The highest BCUT2D eigenvalue weighted by Gasteiger charge is 2.16. The Morgan fingerprint density at radius 2 is 1.95 bits per heavy atom. The lowest BCUT2D eigenvalue weighted by atomic mass is 10.1. The third-order valence-electron chi connectivity index (χ3n) is 3.28. The van der Waals surface area contributed by atoms with E-state index in [1.165, 1.54) is 0 Å². The van der Waals surface area contributed by atoms with Crippen LogP contribution in [0.1, 0.15) is 0 Å². The molecule has 0 radical (unpaired) electrons. The van der Waals surface area contributed by atoms with Crippen LogP contribution in [0.4, 0.5) is 5.82 Å². The van der Waals surface area contributed by atoms with Crippen molar-refractivity contribution in [1.29, 1.82) is 0 Å². The standard InChI is InChI=1S/C15H14BrN3O2/c1-20-10-4-5-11(12(7-10)21-2)14-15(17)19-8-9(16)3-6-13(19)18-14/h3-8H,17H2,1-2H3. The number of anilines is 1. The summed E-state index contributed by atoms with van der Waals surface area (Å²) in [4.78, 5) is 4.58. The predicted molar refractivity (Wildman–Crippen MR) is 85.8 cm³/mol. The molecule has 2 heterocycles. The molecule has 0 amide bonds. The maximum atomic E-state index is 6.23. The second-order valence-corrected chi connectivity index (χ2v) is 5.40. The summed E-state index contributed by atoms with van der Waals surface area (Å²) in [6, 6.07) is 9.40. The van der Waals surface area contributed by atoms with Gasteiger partial charge in [0.05, 0.1) is 14.2 Å². The zero-order valence-electron chi connectivity index (χ0n) is 11.6. The second kappa shape index (κ2) is 5.29. The molecule has 0 saturated heterocycles. The van der Waals surface area contributed by atoms with E-state index in [0.717, 1.165) is 21.4 Å². The summed E-state index contributed by atoms with van der Waals surface area (Å²) in [5.74, 6) is 1.96. The van der Waals surface area contributed by atoms with E-state index < -0.39 is 0 Å². The van der Waals surface area contributed by atoms with E-state index >= 15 is 0 Å². The van der Waals surface area contributed by atoms with Gasteiger partial charge in [-0.05, 0) is 40.2 Å². The highest BCUT2D eigenvalue weighted by atomic mass is 79.9. The molecule has 3 aromatic rings. The molecule has 21 heavy (non-hydrogen) atoms. The van der Waals surface area contributed by atoms with Crippen molar-refractivity contribution in [3.05, 3.63) is 41.0 Å². The van der Waals surface area contributed by atoms with Crippen molar-refractivity contribution in [2.24, 2.45) is 0 Å². The van der Waals surface area contributed by atoms with E-state index in [1.54, 1.807) is 14.2 Å². The van der Waals surface area contributed by atoms with Crippen molar-refractivity contribution in [3.8, 4) is 22.8 Å². The molecule has 0 fully saturated rings. The van der Waals surface area contributed by atoms with Crippen LogP contribution in [0.25, 0.3) is 16.9 Å². The molecule has 0 aliphatic rings. The Morgan fingerprint density at radius 1 is 1.14 bits per heavy atom. The van der Waals surface area contributed by atoms with E-state index in [9.17, 15) is 0 Å². The predicted octanol–water partition coefficient (Wildman–Crippen LogP) is 3.36. The van der Waals surface area contributed by atoms with Gasteiger partial charge in [0.1, 0.15) is 28.7 Å². The van der Waals surface area contributed by atoms with Gasteiger partial charge in [0.2, 0.25) is 0 Å². The molecular formula is C15H14BrN3O2. The molecule has 3 rings (SSSR count). The first-order valence-corrected chi connectivity index (χ1v) is 7.09. The molecule has 2 aromatic heterocycles. The maximum Gasteiger partial charge on any atom is 0.139 e. The van der Waals surface area contributed by atoms with Gasteiger partial charge in [-0.2, -0.15) is 0 Å². The first-order valence-electron chi connectivity index (χ1n) is 6.29. The van der Waals surface area contributed by atoms with Gasteiger partial charge in [-0.25, -0.2) is 4.98 Å². The number of nitrogens with two attached hydrogens (primary N) is 1. The Kier molecular flexibility index (Phi) is 3.47. The molecule has 0 spiro atoms. The van der Waals surface area contributed by atoms with Crippen LogP contribution >= 0.6 is 15.9 Å². The number of halogens is 1. The van der Waals surface area contributed by atoms with Gasteiger partial charge < -0.3 is 15.2 Å². The molecule has 1 aromatic carbocycles. The van der Waals surface area contributed by atoms with Crippen molar-refractivity contribution < 1.29 is 9.47 Å². The average Bonchev–Trinajstić information content (AvgIpc) is 2.83. The number of nitrogens with zero attached hydrogens (tertiary/aromatic N) is 2. The topological polar surface area (TPSA) is 61.8 Å². The molecule has 0 unspecified atom stereocenters. The fraction of sp³-hybridized carbons (Fsp3) is 0.133. The molecule has 0 aliphatic carbocycles. The van der Waals surface area contributed by atoms with Gasteiger partial charge in [0.15, 0.2) is 0 Å². The highest BCUT2D eigenvalue weighted by Crippen LogP contribution is 2.36. The molecule has 0 saturated carbocycles. The number of hydrogen-bond donors (Lipinski definition) is 1. The lowest BCUT2D eigenvalue weighted by molar-refractivity contribution is 0.395. The van der Waals surface area contributed by atoms with Crippen LogP contribution in [0.15, 0.2) is 41.0 Å². The van der Waals surface area contributed by atoms with Gasteiger partial charge in [-0.15, -0.1) is 0 Å². The number of methoxy groups -OCH3 is 2. The summed E-state index contributed by atoms with van der Waals surface area (Å²) in [5, 5.41) is 0. The van der Waals surface area contributed by atoms with Crippen molar-refractivity contribution in [3.63, 3.8) is 0 Å². The van der Waals surface area contributed by atoms with E-state index in [2.05, 4.69) is 20.9 Å². The summed E-state index contributed by atoms with van der Waals surface area (Å²) in [7, 11) is 3.23. The van der Waals surface area contributed by atoms with Crippen LogP contribution in [-0.2, 0) is 0 Å². The number of pyridine rings is 1. The van der Waals surface area contributed by atoms with Crippen molar-refractivity contribution in [1.82, 2.24) is 9.38 Å². The van der Waals surface area contributed by atoms with Crippen molar-refractivity contribution in [2.75, 3.05) is 20.0 Å². The third kappa shape index (κ3) is 2.31. The molecule has 108 valence electrons. The zero-order valence-corrected chi connectivity index (χ0v) is 13.2. The maximum absolute atomic E-state index is 6.23. The summed E-state index contributed by atoms with van der Waals surface area (Å²) in [5.41, 5.74) is 8.52. The minimum atomic E-state index is 0.565. The fourth-order valence-electron chi connectivity index (χ4n) is 2.23. The van der Waals surface area contributed by atoms with E-state index in [4.69, 9.17) is 15.2 Å². The minimum absolute atomic E-state index is 0.565. The number of hydrogen-bond acceptors (Lipinski definition) is 4. The van der Waals surface area contributed by atoms with Gasteiger partial charge in [0.25, 0.3) is 0 Å². The largest absolute Gasteiger partial charge is 0.497 e. The van der Waals surface area contributed by atoms with Crippen LogP contribution < -0.4 is 15.2 Å². The Morgan fingerprint density at radius 3 is 2.67 bits per heavy atom. The number of benzene rings is 1. The van der Waals surface area contributed by atoms with E-state index in [1.807, 2.05) is 40.9 Å². The summed E-state index contributed by atoms with van der Waals surface area (Å²) < 4.78 is 13.4. The van der Waals surface area contributed by atoms with Crippen LogP contribution in [0.5, 0.6) is 11.5 Å². The van der Waals surface area contributed by atoms with Crippen LogP contribution in [0.3, 0.4) is 0 Å². The van der Waals surface area contributed by atoms with Crippen molar-refractivity contribution >= 4 is 27.4 Å². The SMILES string of the molecule is COc1ccc(-c2nc3ccc(Br)cn3c2N)c(OC)c1. The lowest BCUT2D eigenvalue weighted by Crippen LogP contribution is -1.96. The number of fused-ring (bicyclic) bond motifs is 1. The molecule has 2 N–H and O–H groups in total. The van der Waals surface area contributed by atoms with Crippen LogP contribution in [0, 0.1) is 0 Å². The summed E-state index contributed by atoms with van der Waals surface area (Å²) in [6.07, 6.45) is 1.89. The normalized spacial score (nSPS) is 10.8. The smallest absolute Gasteiger partial charge is 0.139 e. The fourth-order valence-corrected chi connectivity index (χ4v) is 2.57. The number of aromatic nitrogens is 2. The van der Waals surface area contributed by atoms with Crippen molar-refractivity contribution in [2.45, 2.75) is 0 Å². The van der Waals surface area contributed by atoms with E-state index in [-0.39, 0.29) is 0 Å². The Labute approximate surface area is 130 Å². The Balaban J connectivity index is 2.23. The minimum Gasteiger partial charge on any atom is -0.497 e. The highest BCUT2D eigenvalue weighted by molar-refractivity contribution is 9.10. The second-order valence-electron chi connectivity index (χ2n) is 4.49. The molecule has 6 heteroatoms. The lowest BCUT2D eigenvalue weighted by Gasteiger charge is -2.09. The van der Waals surface area contributed by atoms with E-state index in [0.29, 0.717) is 17.3 Å². The summed E-state index contributed by atoms with van der Waals surface area (Å²) >= 11 is 3.43. The third-order valence-corrected chi connectivity index (χ3v) is 3.75. The first-order chi connectivity index (χ1) is 10.1. The first kappa shape index (κ1) is 13.8. The van der Waals surface area contributed by atoms with Gasteiger partial charge in [-0.1, -0.05) is 0 Å².